The number of H-pyrrole nitrogens is 1. The van der Waals surface area contributed by atoms with Crippen LogP contribution in [0.3, 0.4) is 0 Å². The van der Waals surface area contributed by atoms with Crippen LogP contribution in [0.2, 0.25) is 0 Å². The summed E-state index contributed by atoms with van der Waals surface area (Å²) in [5.74, 6) is -0.905. The van der Waals surface area contributed by atoms with Crippen molar-refractivity contribution in [2.75, 3.05) is 0 Å². The van der Waals surface area contributed by atoms with Crippen molar-refractivity contribution in [2.24, 2.45) is 0 Å². The van der Waals surface area contributed by atoms with Gasteiger partial charge in [-0.25, -0.2) is 4.39 Å². The molecule has 0 spiro atoms. The third kappa shape index (κ3) is 2.96. The third-order valence-electron chi connectivity index (χ3n) is 1.67. The van der Waals surface area contributed by atoms with Crippen LogP contribution >= 0.6 is 0 Å². The molecular weight excluding hydrogens is 234 g/mol. The molecule has 0 unspecified atom stereocenters. The fourth-order valence-corrected chi connectivity index (χ4v) is 1.11. The molecule has 1 rings (SSSR count). The van der Waals surface area contributed by atoms with Gasteiger partial charge < -0.3 is 14.8 Å². The molecule has 90 valence electrons. The Morgan fingerprint density at radius 3 is 2.50 bits per heavy atom. The van der Waals surface area contributed by atoms with Gasteiger partial charge in [-0.05, 0) is 0 Å². The normalized spacial score (nSPS) is 11.6. The zero-order chi connectivity index (χ0) is 12.3. The first kappa shape index (κ1) is 12.5. The second-order valence-electron chi connectivity index (χ2n) is 2.81. The van der Waals surface area contributed by atoms with Crippen LogP contribution in [-0.4, -0.2) is 16.5 Å². The van der Waals surface area contributed by atoms with E-state index in [9.17, 15) is 22.4 Å². The molecule has 4 nitrogen and oxygen atoms in total. The van der Waals surface area contributed by atoms with Crippen molar-refractivity contribution < 1.29 is 27.4 Å². The number of ether oxygens (including phenoxy) is 1. The molecule has 0 radical (unpaired) electrons. The van der Waals surface area contributed by atoms with Gasteiger partial charge in [-0.1, -0.05) is 0 Å². The molecule has 2 N–H and O–H groups in total. The summed E-state index contributed by atoms with van der Waals surface area (Å²) in [6.07, 6.45) is -5.02. The van der Waals surface area contributed by atoms with E-state index in [1.165, 1.54) is 0 Å². The van der Waals surface area contributed by atoms with Gasteiger partial charge in [0.25, 0.3) is 0 Å². The minimum atomic E-state index is -5.02. The van der Waals surface area contributed by atoms with Crippen molar-refractivity contribution in [1.29, 1.82) is 0 Å². The van der Waals surface area contributed by atoms with Crippen molar-refractivity contribution in [1.82, 2.24) is 4.98 Å². The number of pyridine rings is 1. The van der Waals surface area contributed by atoms with E-state index in [0.717, 1.165) is 0 Å². The van der Waals surface area contributed by atoms with Crippen LogP contribution in [0.15, 0.2) is 10.9 Å². The first-order valence-corrected chi connectivity index (χ1v) is 4.05. The van der Waals surface area contributed by atoms with Gasteiger partial charge in [-0.2, -0.15) is 0 Å². The maximum atomic E-state index is 12.4. The second kappa shape index (κ2) is 4.52. The number of rotatable bonds is 3. The molecule has 8 heteroatoms. The fourth-order valence-electron chi connectivity index (χ4n) is 1.11. The van der Waals surface area contributed by atoms with Gasteiger partial charge in [0.1, 0.15) is 6.67 Å². The summed E-state index contributed by atoms with van der Waals surface area (Å²) in [7, 11) is 0. The summed E-state index contributed by atoms with van der Waals surface area (Å²) < 4.78 is 51.8. The summed E-state index contributed by atoms with van der Waals surface area (Å²) in [5, 5.41) is 8.72. The van der Waals surface area contributed by atoms with Crippen molar-refractivity contribution in [3.05, 3.63) is 27.7 Å². The number of aromatic amines is 1. The Balaban J connectivity index is 3.28. The summed E-state index contributed by atoms with van der Waals surface area (Å²) in [6, 6.07) is 0.639. The zero-order valence-electron chi connectivity index (χ0n) is 7.77. The molecule has 1 aromatic rings. The molecule has 0 aliphatic heterocycles. The van der Waals surface area contributed by atoms with Gasteiger partial charge in [-0.15, -0.1) is 13.2 Å². The van der Waals surface area contributed by atoms with E-state index in [1.54, 1.807) is 0 Å². The number of alkyl halides is 4. The summed E-state index contributed by atoms with van der Waals surface area (Å²) in [6.45, 7) is -2.20. The molecule has 0 aromatic carbocycles. The van der Waals surface area contributed by atoms with Gasteiger partial charge in [0.05, 0.1) is 12.3 Å². The predicted molar refractivity (Wildman–Crippen MR) is 44.5 cm³/mol. The van der Waals surface area contributed by atoms with Crippen LogP contribution in [0.4, 0.5) is 17.6 Å². The number of halogens is 4. The molecule has 0 saturated carbocycles. The molecule has 1 heterocycles. The van der Waals surface area contributed by atoms with E-state index in [0.29, 0.717) is 6.07 Å². The second-order valence-corrected chi connectivity index (χ2v) is 2.81. The lowest BCUT2D eigenvalue weighted by Gasteiger charge is -2.14. The van der Waals surface area contributed by atoms with E-state index in [-0.39, 0.29) is 0 Å². The predicted octanol–water partition coefficient (Wildman–Crippen LogP) is 1.24. The van der Waals surface area contributed by atoms with Crippen LogP contribution in [0.5, 0.6) is 5.75 Å². The highest BCUT2D eigenvalue weighted by atomic mass is 19.4. The molecule has 0 fully saturated rings. The molecule has 0 saturated heterocycles. The van der Waals surface area contributed by atoms with Crippen LogP contribution in [-0.2, 0) is 13.3 Å². The largest absolute Gasteiger partial charge is 0.573 e. The molecule has 0 aliphatic carbocycles. The van der Waals surface area contributed by atoms with Crippen LogP contribution in [0, 0.1) is 0 Å². The lowest BCUT2D eigenvalue weighted by molar-refractivity contribution is -0.275. The molecule has 1 aromatic heterocycles. The Hall–Kier alpha value is -1.57. The van der Waals surface area contributed by atoms with E-state index >= 15 is 0 Å². The molecule has 0 atom stereocenters. The maximum Gasteiger partial charge on any atom is 0.573 e. The van der Waals surface area contributed by atoms with E-state index < -0.39 is 42.2 Å². The number of hydrogen-bond donors (Lipinski definition) is 2. The SMILES string of the molecule is O=c1cc(CF)c(OC(F)(F)F)c(CO)[nH]1. The number of nitrogens with one attached hydrogen (secondary N) is 1. The average Bonchev–Trinajstić information content (AvgIpc) is 2.18. The number of aliphatic hydroxyl groups excluding tert-OH is 1. The van der Waals surface area contributed by atoms with E-state index in [2.05, 4.69) is 4.74 Å². The van der Waals surface area contributed by atoms with Gasteiger partial charge in [0, 0.05) is 11.6 Å². The minimum Gasteiger partial charge on any atom is -0.403 e. The number of aliphatic hydroxyl groups is 1. The minimum absolute atomic E-state index is 0.516. The number of aromatic nitrogens is 1. The van der Waals surface area contributed by atoms with Crippen molar-refractivity contribution in [3.8, 4) is 5.75 Å². The van der Waals surface area contributed by atoms with Gasteiger partial charge in [0.15, 0.2) is 5.75 Å². The Morgan fingerprint density at radius 1 is 1.44 bits per heavy atom. The smallest absolute Gasteiger partial charge is 0.403 e. The van der Waals surface area contributed by atoms with Crippen molar-refractivity contribution in [2.45, 2.75) is 19.6 Å². The summed E-state index contributed by atoms with van der Waals surface area (Å²) >= 11 is 0. The van der Waals surface area contributed by atoms with Crippen LogP contribution < -0.4 is 10.3 Å². The highest BCUT2D eigenvalue weighted by Crippen LogP contribution is 2.28. The Bertz CT molecular complexity index is 398. The quantitative estimate of drug-likeness (QED) is 0.782. The maximum absolute atomic E-state index is 12.4. The molecule has 0 amide bonds. The van der Waals surface area contributed by atoms with E-state index in [4.69, 9.17) is 5.11 Å². The monoisotopic (exact) mass is 241 g/mol. The summed E-state index contributed by atoms with van der Waals surface area (Å²) in [4.78, 5) is 12.8. The lowest BCUT2D eigenvalue weighted by atomic mass is 10.2. The third-order valence-corrected chi connectivity index (χ3v) is 1.67. The highest BCUT2D eigenvalue weighted by molar-refractivity contribution is 5.36. The van der Waals surface area contributed by atoms with Crippen LogP contribution in [0.25, 0.3) is 0 Å². The first-order chi connectivity index (χ1) is 7.37. The molecule has 0 aliphatic rings. The number of hydrogen-bond acceptors (Lipinski definition) is 3. The van der Waals surface area contributed by atoms with E-state index in [1.807, 2.05) is 4.98 Å². The molecular formula is C8H7F4NO3. The van der Waals surface area contributed by atoms with Crippen molar-refractivity contribution >= 4 is 0 Å². The lowest BCUT2D eigenvalue weighted by Crippen LogP contribution is -2.22. The fraction of sp³-hybridized carbons (Fsp3) is 0.375. The average molecular weight is 241 g/mol. The molecule has 0 bridgehead atoms. The van der Waals surface area contributed by atoms with Gasteiger partial charge in [0.2, 0.25) is 5.56 Å². The first-order valence-electron chi connectivity index (χ1n) is 4.05. The van der Waals surface area contributed by atoms with Crippen LogP contribution in [0.1, 0.15) is 11.3 Å². The highest BCUT2D eigenvalue weighted by Gasteiger charge is 2.33. The van der Waals surface area contributed by atoms with Gasteiger partial charge in [-0.3, -0.25) is 4.79 Å². The standard InChI is InChI=1S/C8H7F4NO3/c9-2-4-1-6(15)13-5(3-14)7(4)16-8(10,11)12/h1,14H,2-3H2,(H,13,15). The zero-order valence-corrected chi connectivity index (χ0v) is 7.77. The van der Waals surface area contributed by atoms with Gasteiger partial charge >= 0.3 is 6.36 Å². The Kier molecular flexibility index (Phi) is 3.53. The molecule has 16 heavy (non-hydrogen) atoms. The Morgan fingerprint density at radius 2 is 2.06 bits per heavy atom. The topological polar surface area (TPSA) is 62.3 Å². The van der Waals surface area contributed by atoms with Crippen molar-refractivity contribution in [3.63, 3.8) is 0 Å². The summed E-state index contributed by atoms with van der Waals surface area (Å²) in [5.41, 5.74) is -1.89. The Labute approximate surface area is 86.5 Å².